The number of rotatable bonds is 5. The highest BCUT2D eigenvalue weighted by Crippen LogP contribution is 2.25. The van der Waals surface area contributed by atoms with Crippen LogP contribution in [0.15, 0.2) is 0 Å². The van der Waals surface area contributed by atoms with Crippen LogP contribution in [0.1, 0.15) is 32.6 Å². The third kappa shape index (κ3) is 4.85. The molecule has 0 aromatic carbocycles. The summed E-state index contributed by atoms with van der Waals surface area (Å²) in [6.07, 6.45) is 3.17. The molecule has 15 heavy (non-hydrogen) atoms. The summed E-state index contributed by atoms with van der Waals surface area (Å²) < 4.78 is 10.1. The molecule has 4 heteroatoms. The maximum atomic E-state index is 11.1. The van der Waals surface area contributed by atoms with E-state index in [1.165, 1.54) is 0 Å². The van der Waals surface area contributed by atoms with Crippen LogP contribution in [-0.2, 0) is 14.3 Å². The molecule has 1 aliphatic heterocycles. The van der Waals surface area contributed by atoms with Crippen LogP contribution in [-0.4, -0.2) is 31.2 Å². The molecule has 88 valence electrons. The first-order valence-electron chi connectivity index (χ1n) is 5.61. The lowest BCUT2D eigenvalue weighted by atomic mass is 9.93. The first-order chi connectivity index (χ1) is 7.24. The first kappa shape index (κ1) is 12.8. The molecule has 1 unspecified atom stereocenters. The highest BCUT2D eigenvalue weighted by molar-refractivity contribution is 6.20. The van der Waals surface area contributed by atoms with Gasteiger partial charge in [-0.1, -0.05) is 0 Å². The Bertz CT molecular complexity index is 190. The molecular weight excluding hydrogens is 216 g/mol. The van der Waals surface area contributed by atoms with Crippen molar-refractivity contribution in [2.24, 2.45) is 5.92 Å². The molecule has 0 bridgehead atoms. The van der Waals surface area contributed by atoms with E-state index in [4.69, 9.17) is 21.1 Å². The number of halogens is 1. The average molecular weight is 235 g/mol. The summed E-state index contributed by atoms with van der Waals surface area (Å²) in [4.78, 5) is 11.1. The van der Waals surface area contributed by atoms with Gasteiger partial charge in [0, 0.05) is 25.0 Å². The number of esters is 1. The molecule has 1 rings (SSSR count). The van der Waals surface area contributed by atoms with Crippen molar-refractivity contribution >= 4 is 17.6 Å². The average Bonchev–Trinajstić information content (AvgIpc) is 2.27. The molecule has 3 nitrogen and oxygen atoms in total. The molecule has 1 aliphatic rings. The van der Waals surface area contributed by atoms with E-state index in [1.54, 1.807) is 0 Å². The molecule has 0 radical (unpaired) electrons. The molecule has 0 aromatic rings. The maximum absolute atomic E-state index is 11.1. The third-order valence-corrected chi connectivity index (χ3v) is 3.28. The minimum Gasteiger partial charge on any atom is -0.466 e. The van der Waals surface area contributed by atoms with Gasteiger partial charge < -0.3 is 9.47 Å². The van der Waals surface area contributed by atoms with Crippen LogP contribution in [0.25, 0.3) is 0 Å². The topological polar surface area (TPSA) is 35.5 Å². The maximum Gasteiger partial charge on any atom is 0.305 e. The fraction of sp³-hybridized carbons (Fsp3) is 0.909. The number of hydrogen-bond acceptors (Lipinski definition) is 3. The van der Waals surface area contributed by atoms with Crippen LogP contribution in [0.4, 0.5) is 0 Å². The molecule has 0 aliphatic carbocycles. The summed E-state index contributed by atoms with van der Waals surface area (Å²) in [7, 11) is 0. The fourth-order valence-corrected chi connectivity index (χ4v) is 2.16. The Hall–Kier alpha value is -0.280. The monoisotopic (exact) mass is 234 g/mol. The fourth-order valence-electron chi connectivity index (χ4n) is 1.80. The van der Waals surface area contributed by atoms with Crippen molar-refractivity contribution in [2.45, 2.75) is 38.0 Å². The normalized spacial score (nSPS) is 19.9. The summed E-state index contributed by atoms with van der Waals surface area (Å²) in [5.74, 6) is 0.352. The largest absolute Gasteiger partial charge is 0.466 e. The SMILES string of the molecule is CCOC(=O)CCC(Cl)C1CCOCC1. The van der Waals surface area contributed by atoms with E-state index < -0.39 is 0 Å². The molecule has 1 atom stereocenters. The van der Waals surface area contributed by atoms with Crippen molar-refractivity contribution in [1.82, 2.24) is 0 Å². The number of alkyl halides is 1. The molecule has 0 aromatic heterocycles. The van der Waals surface area contributed by atoms with Crippen molar-refractivity contribution in [2.75, 3.05) is 19.8 Å². The zero-order chi connectivity index (χ0) is 11.1. The van der Waals surface area contributed by atoms with Crippen LogP contribution in [0, 0.1) is 5.92 Å². The molecule has 0 N–H and O–H groups in total. The lowest BCUT2D eigenvalue weighted by Gasteiger charge is -2.25. The van der Waals surface area contributed by atoms with Crippen molar-refractivity contribution < 1.29 is 14.3 Å². The van der Waals surface area contributed by atoms with E-state index in [1.807, 2.05) is 6.92 Å². The third-order valence-electron chi connectivity index (χ3n) is 2.71. The molecular formula is C11H19ClO3. The van der Waals surface area contributed by atoms with Crippen LogP contribution in [0.2, 0.25) is 0 Å². The Morgan fingerprint density at radius 2 is 2.20 bits per heavy atom. The quantitative estimate of drug-likeness (QED) is 0.541. The van der Waals surface area contributed by atoms with Gasteiger partial charge in [0.1, 0.15) is 0 Å². The minimum absolute atomic E-state index is 0.0818. The summed E-state index contributed by atoms with van der Waals surface area (Å²) in [5, 5.41) is 0.0818. The van der Waals surface area contributed by atoms with Crippen molar-refractivity contribution in [3.05, 3.63) is 0 Å². The number of carbonyl (C=O) groups is 1. The molecule has 0 spiro atoms. The second kappa shape index (κ2) is 7.07. The van der Waals surface area contributed by atoms with E-state index in [0.29, 0.717) is 25.4 Å². The van der Waals surface area contributed by atoms with Gasteiger partial charge in [-0.3, -0.25) is 4.79 Å². The Morgan fingerprint density at radius 1 is 1.53 bits per heavy atom. The number of carbonyl (C=O) groups excluding carboxylic acids is 1. The van der Waals surface area contributed by atoms with Gasteiger partial charge in [0.25, 0.3) is 0 Å². The van der Waals surface area contributed by atoms with E-state index in [-0.39, 0.29) is 11.3 Å². The zero-order valence-electron chi connectivity index (χ0n) is 9.21. The lowest BCUT2D eigenvalue weighted by Crippen LogP contribution is -2.24. The van der Waals surface area contributed by atoms with Gasteiger partial charge >= 0.3 is 5.97 Å². The molecule has 0 amide bonds. The molecule has 1 saturated heterocycles. The van der Waals surface area contributed by atoms with Crippen molar-refractivity contribution in [3.8, 4) is 0 Å². The van der Waals surface area contributed by atoms with Crippen LogP contribution < -0.4 is 0 Å². The van der Waals surface area contributed by atoms with E-state index in [2.05, 4.69) is 0 Å². The highest BCUT2D eigenvalue weighted by Gasteiger charge is 2.22. The predicted molar refractivity (Wildman–Crippen MR) is 59.1 cm³/mol. The first-order valence-corrected chi connectivity index (χ1v) is 6.05. The Kier molecular flexibility index (Phi) is 6.03. The predicted octanol–water partition coefficient (Wildman–Crippen LogP) is 2.36. The van der Waals surface area contributed by atoms with Gasteiger partial charge in [-0.2, -0.15) is 0 Å². The standard InChI is InChI=1S/C11H19ClO3/c1-2-15-11(13)4-3-10(12)9-5-7-14-8-6-9/h9-10H,2-8H2,1H3. The van der Waals surface area contributed by atoms with Gasteiger partial charge in [0.05, 0.1) is 6.61 Å². The number of hydrogen-bond donors (Lipinski definition) is 0. The minimum atomic E-state index is -0.143. The summed E-state index contributed by atoms with van der Waals surface area (Å²) in [6, 6.07) is 0. The summed E-state index contributed by atoms with van der Waals surface area (Å²) >= 11 is 6.24. The second-order valence-electron chi connectivity index (χ2n) is 3.81. The molecule has 0 saturated carbocycles. The van der Waals surface area contributed by atoms with Gasteiger partial charge in [-0.25, -0.2) is 0 Å². The zero-order valence-corrected chi connectivity index (χ0v) is 9.96. The molecule has 1 fully saturated rings. The number of ether oxygens (including phenoxy) is 2. The lowest BCUT2D eigenvalue weighted by molar-refractivity contribution is -0.143. The summed E-state index contributed by atoms with van der Waals surface area (Å²) in [6.45, 7) is 3.86. The smallest absolute Gasteiger partial charge is 0.305 e. The Morgan fingerprint density at radius 3 is 2.80 bits per heavy atom. The van der Waals surface area contributed by atoms with Crippen LogP contribution >= 0.6 is 11.6 Å². The van der Waals surface area contributed by atoms with Crippen LogP contribution in [0.5, 0.6) is 0 Å². The van der Waals surface area contributed by atoms with Gasteiger partial charge in [-0.15, -0.1) is 11.6 Å². The van der Waals surface area contributed by atoms with E-state index in [9.17, 15) is 4.79 Å². The Labute approximate surface area is 96.1 Å². The van der Waals surface area contributed by atoms with Crippen molar-refractivity contribution in [3.63, 3.8) is 0 Å². The van der Waals surface area contributed by atoms with Crippen molar-refractivity contribution in [1.29, 1.82) is 0 Å². The second-order valence-corrected chi connectivity index (χ2v) is 4.37. The summed E-state index contributed by atoms with van der Waals surface area (Å²) in [5.41, 5.74) is 0. The molecule has 1 heterocycles. The van der Waals surface area contributed by atoms with Crippen LogP contribution in [0.3, 0.4) is 0 Å². The van der Waals surface area contributed by atoms with Gasteiger partial charge in [-0.05, 0) is 32.1 Å². The van der Waals surface area contributed by atoms with Gasteiger partial charge in [0.15, 0.2) is 0 Å². The van der Waals surface area contributed by atoms with Gasteiger partial charge in [0.2, 0.25) is 0 Å². The van der Waals surface area contributed by atoms with E-state index >= 15 is 0 Å². The van der Waals surface area contributed by atoms with E-state index in [0.717, 1.165) is 26.1 Å². The highest BCUT2D eigenvalue weighted by atomic mass is 35.5. The Balaban J connectivity index is 2.16.